The number of aliphatic hydroxyl groups excluding tert-OH is 1. The first-order chi connectivity index (χ1) is 12.5. The number of aryl methyl sites for hydroxylation is 1. The van der Waals surface area contributed by atoms with Crippen LogP contribution in [0.25, 0.3) is 0 Å². The Labute approximate surface area is 157 Å². The van der Waals surface area contributed by atoms with Crippen molar-refractivity contribution in [2.75, 3.05) is 13.2 Å². The van der Waals surface area contributed by atoms with Crippen molar-refractivity contribution in [1.82, 2.24) is 0 Å². The first-order valence-electron chi connectivity index (χ1n) is 10.6. The van der Waals surface area contributed by atoms with Gasteiger partial charge >= 0.3 is 0 Å². The van der Waals surface area contributed by atoms with Gasteiger partial charge in [0.25, 0.3) is 0 Å². The lowest BCUT2D eigenvalue weighted by molar-refractivity contribution is 0.00152. The molecule has 144 valence electrons. The molecule has 0 radical (unpaired) electrons. The molecule has 4 rings (SSSR count). The highest BCUT2D eigenvalue weighted by atomic mass is 16.5. The van der Waals surface area contributed by atoms with Gasteiger partial charge in [0.15, 0.2) is 11.5 Å². The fourth-order valence-electron chi connectivity index (χ4n) is 6.96. The molecule has 0 aromatic heterocycles. The Morgan fingerprint density at radius 2 is 2.04 bits per heavy atom. The first kappa shape index (κ1) is 18.2. The van der Waals surface area contributed by atoms with E-state index in [1.165, 1.54) is 43.2 Å². The number of ether oxygens (including phenoxy) is 1. The highest BCUT2D eigenvalue weighted by Gasteiger charge is 2.55. The van der Waals surface area contributed by atoms with Crippen molar-refractivity contribution in [2.45, 2.75) is 65.2 Å². The van der Waals surface area contributed by atoms with E-state index in [4.69, 9.17) is 4.74 Å². The molecule has 2 N–H and O–H groups in total. The standard InChI is InChI=1S/C23H34O3/c1-4-26-22-12-18-15(11-21(22)25)5-6-17-16(18)9-10-23(3)19(14(2)13-24)7-8-20(17)23/h11-12,14,16-17,19-20,24-25H,4-10,13H2,1-3H3/t14?,16-,17+,19+,20-,23+/m0/s1. The van der Waals surface area contributed by atoms with Crippen molar-refractivity contribution in [2.24, 2.45) is 29.1 Å². The Bertz CT molecular complexity index is 670. The van der Waals surface area contributed by atoms with E-state index in [1.54, 1.807) is 0 Å². The molecule has 0 amide bonds. The number of fused-ring (bicyclic) bond motifs is 5. The van der Waals surface area contributed by atoms with E-state index >= 15 is 0 Å². The molecule has 3 aliphatic carbocycles. The Hall–Kier alpha value is -1.22. The molecular formula is C23H34O3. The molecule has 1 aromatic carbocycles. The summed E-state index contributed by atoms with van der Waals surface area (Å²) in [5.74, 6) is 4.16. The van der Waals surface area contributed by atoms with Crippen LogP contribution in [0.3, 0.4) is 0 Å². The van der Waals surface area contributed by atoms with Crippen molar-refractivity contribution in [3.63, 3.8) is 0 Å². The predicted molar refractivity (Wildman–Crippen MR) is 104 cm³/mol. The molecule has 0 aliphatic heterocycles. The Morgan fingerprint density at radius 1 is 1.23 bits per heavy atom. The number of hydrogen-bond donors (Lipinski definition) is 2. The molecule has 0 spiro atoms. The SMILES string of the molecule is CCOc1cc2c(cc1O)CC[C@@H]1[C@@H]2CC[C@]2(C)[C@@H](C(C)CO)CC[C@@H]12. The van der Waals surface area contributed by atoms with Gasteiger partial charge in [0.2, 0.25) is 0 Å². The van der Waals surface area contributed by atoms with Gasteiger partial charge in [-0.3, -0.25) is 0 Å². The third-order valence-corrected chi connectivity index (χ3v) is 8.15. The molecule has 6 atom stereocenters. The van der Waals surface area contributed by atoms with Gasteiger partial charge in [-0.05, 0) is 104 Å². The molecule has 3 aliphatic rings. The molecule has 0 saturated heterocycles. The molecule has 2 saturated carbocycles. The van der Waals surface area contributed by atoms with E-state index in [9.17, 15) is 10.2 Å². The summed E-state index contributed by atoms with van der Waals surface area (Å²) in [6, 6.07) is 4.09. The first-order valence-corrected chi connectivity index (χ1v) is 10.6. The zero-order valence-corrected chi connectivity index (χ0v) is 16.5. The number of aromatic hydroxyl groups is 1. The van der Waals surface area contributed by atoms with Crippen LogP contribution in [0.5, 0.6) is 11.5 Å². The Balaban J connectivity index is 1.65. The average molecular weight is 359 g/mol. The number of aliphatic hydroxyl groups is 1. The molecule has 0 heterocycles. The van der Waals surface area contributed by atoms with E-state index < -0.39 is 0 Å². The maximum atomic E-state index is 10.3. The summed E-state index contributed by atoms with van der Waals surface area (Å²) in [5.41, 5.74) is 3.15. The Morgan fingerprint density at radius 3 is 2.77 bits per heavy atom. The van der Waals surface area contributed by atoms with Crippen molar-refractivity contribution in [1.29, 1.82) is 0 Å². The lowest BCUT2D eigenvalue weighted by Gasteiger charge is -2.52. The van der Waals surface area contributed by atoms with Gasteiger partial charge in [0, 0.05) is 6.61 Å². The normalized spacial score (nSPS) is 36.8. The second-order valence-electron chi connectivity index (χ2n) is 9.26. The fourth-order valence-corrected chi connectivity index (χ4v) is 6.96. The van der Waals surface area contributed by atoms with E-state index in [0.29, 0.717) is 47.9 Å². The van der Waals surface area contributed by atoms with Crippen LogP contribution < -0.4 is 4.74 Å². The van der Waals surface area contributed by atoms with Gasteiger partial charge in [-0.1, -0.05) is 13.8 Å². The van der Waals surface area contributed by atoms with Gasteiger partial charge in [-0.2, -0.15) is 0 Å². The minimum Gasteiger partial charge on any atom is -0.504 e. The smallest absolute Gasteiger partial charge is 0.161 e. The van der Waals surface area contributed by atoms with Crippen molar-refractivity contribution in [3.05, 3.63) is 23.3 Å². The van der Waals surface area contributed by atoms with Crippen LogP contribution in [0.4, 0.5) is 0 Å². The number of rotatable bonds is 4. The minimum absolute atomic E-state index is 0.294. The summed E-state index contributed by atoms with van der Waals surface area (Å²) in [5, 5.41) is 20.0. The van der Waals surface area contributed by atoms with Crippen LogP contribution in [0.1, 0.15) is 69.9 Å². The lowest BCUT2D eigenvalue weighted by atomic mass is 9.53. The summed E-state index contributed by atoms with van der Waals surface area (Å²) in [6.45, 7) is 7.62. The maximum absolute atomic E-state index is 10.3. The van der Waals surface area contributed by atoms with Crippen LogP contribution in [-0.2, 0) is 6.42 Å². The van der Waals surface area contributed by atoms with E-state index in [-0.39, 0.29) is 0 Å². The van der Waals surface area contributed by atoms with Crippen LogP contribution in [-0.4, -0.2) is 23.4 Å². The Kier molecular flexibility index (Phi) is 4.71. The number of benzene rings is 1. The summed E-state index contributed by atoms with van der Waals surface area (Å²) >= 11 is 0. The summed E-state index contributed by atoms with van der Waals surface area (Å²) in [6.07, 6.45) is 7.40. The topological polar surface area (TPSA) is 49.7 Å². The monoisotopic (exact) mass is 358 g/mol. The lowest BCUT2D eigenvalue weighted by Crippen LogP contribution is -2.43. The van der Waals surface area contributed by atoms with Crippen molar-refractivity contribution in [3.8, 4) is 11.5 Å². The third kappa shape index (κ3) is 2.66. The summed E-state index contributed by atoms with van der Waals surface area (Å²) in [4.78, 5) is 0. The summed E-state index contributed by atoms with van der Waals surface area (Å²) in [7, 11) is 0. The quantitative estimate of drug-likeness (QED) is 0.805. The van der Waals surface area contributed by atoms with Crippen LogP contribution >= 0.6 is 0 Å². The predicted octanol–water partition coefficient (Wildman–Crippen LogP) is 4.89. The number of phenols is 1. The van der Waals surface area contributed by atoms with Gasteiger partial charge in [0.05, 0.1) is 6.61 Å². The summed E-state index contributed by atoms with van der Waals surface area (Å²) < 4.78 is 5.67. The van der Waals surface area contributed by atoms with Crippen LogP contribution in [0, 0.1) is 29.1 Å². The zero-order valence-electron chi connectivity index (χ0n) is 16.5. The molecule has 3 nitrogen and oxygen atoms in total. The third-order valence-electron chi connectivity index (χ3n) is 8.15. The van der Waals surface area contributed by atoms with E-state index in [2.05, 4.69) is 19.9 Å². The fraction of sp³-hybridized carbons (Fsp3) is 0.739. The highest BCUT2D eigenvalue weighted by Crippen LogP contribution is 2.64. The minimum atomic E-state index is 0.294. The number of hydrogen-bond acceptors (Lipinski definition) is 3. The maximum Gasteiger partial charge on any atom is 0.161 e. The number of phenolic OH excluding ortho intramolecular Hbond substituents is 1. The van der Waals surface area contributed by atoms with Crippen molar-refractivity contribution < 1.29 is 14.9 Å². The van der Waals surface area contributed by atoms with Crippen molar-refractivity contribution >= 4 is 0 Å². The average Bonchev–Trinajstić information content (AvgIpc) is 2.99. The van der Waals surface area contributed by atoms with Gasteiger partial charge in [-0.15, -0.1) is 0 Å². The highest BCUT2D eigenvalue weighted by molar-refractivity contribution is 5.49. The molecule has 3 heteroatoms. The van der Waals surface area contributed by atoms with Crippen LogP contribution in [0.15, 0.2) is 12.1 Å². The zero-order chi connectivity index (χ0) is 18.5. The molecule has 0 bridgehead atoms. The second kappa shape index (κ2) is 6.74. The molecule has 1 aromatic rings. The van der Waals surface area contributed by atoms with E-state index in [0.717, 1.165) is 18.3 Å². The molecular weight excluding hydrogens is 324 g/mol. The van der Waals surface area contributed by atoms with Gasteiger partial charge in [-0.25, -0.2) is 0 Å². The molecule has 2 fully saturated rings. The molecule has 1 unspecified atom stereocenters. The van der Waals surface area contributed by atoms with Gasteiger partial charge < -0.3 is 14.9 Å². The van der Waals surface area contributed by atoms with Gasteiger partial charge in [0.1, 0.15) is 0 Å². The largest absolute Gasteiger partial charge is 0.504 e. The molecule has 26 heavy (non-hydrogen) atoms. The van der Waals surface area contributed by atoms with E-state index in [1.807, 2.05) is 13.0 Å². The second-order valence-corrected chi connectivity index (χ2v) is 9.26. The van der Waals surface area contributed by atoms with Crippen LogP contribution in [0.2, 0.25) is 0 Å².